The van der Waals surface area contributed by atoms with Gasteiger partial charge in [0.1, 0.15) is 0 Å². The van der Waals surface area contributed by atoms with Crippen LogP contribution in [0.4, 0.5) is 10.8 Å². The molecule has 142 valence electrons. The van der Waals surface area contributed by atoms with Gasteiger partial charge < -0.3 is 4.74 Å². The zero-order chi connectivity index (χ0) is 19.4. The Balaban J connectivity index is 1.95. The molecule has 0 fully saturated rings. The van der Waals surface area contributed by atoms with Gasteiger partial charge in [-0.25, -0.2) is 4.98 Å². The molecule has 0 aliphatic heterocycles. The number of hydrogen-bond acceptors (Lipinski definition) is 6. The maximum Gasteiger partial charge on any atom is 0.311 e. The van der Waals surface area contributed by atoms with Crippen LogP contribution in [0.5, 0.6) is 5.75 Å². The minimum absolute atomic E-state index is 0.152. The number of carbonyl (C=O) groups excluding carboxylic acids is 1. The van der Waals surface area contributed by atoms with Gasteiger partial charge in [0.05, 0.1) is 17.2 Å². The molecule has 0 bridgehead atoms. The highest BCUT2D eigenvalue weighted by molar-refractivity contribution is 7.16. The van der Waals surface area contributed by atoms with Crippen LogP contribution in [0.3, 0.4) is 0 Å². The van der Waals surface area contributed by atoms with Gasteiger partial charge in [-0.3, -0.25) is 19.8 Å². The zero-order valence-corrected chi connectivity index (χ0v) is 16.0. The molecule has 27 heavy (non-hydrogen) atoms. The van der Waals surface area contributed by atoms with E-state index in [9.17, 15) is 14.9 Å². The molecule has 2 aromatic rings. The Morgan fingerprint density at radius 3 is 2.89 bits per heavy atom. The summed E-state index contributed by atoms with van der Waals surface area (Å²) in [5.41, 5.74) is 1.06. The summed E-state index contributed by atoms with van der Waals surface area (Å²) >= 11 is 1.52. The summed E-state index contributed by atoms with van der Waals surface area (Å²) in [7, 11) is 0. The maximum atomic E-state index is 13.1. The normalized spacial score (nSPS) is 12.9. The van der Waals surface area contributed by atoms with E-state index in [1.807, 2.05) is 0 Å². The Morgan fingerprint density at radius 1 is 1.44 bits per heavy atom. The average molecular weight is 387 g/mol. The van der Waals surface area contributed by atoms with Crippen molar-refractivity contribution < 1.29 is 14.5 Å². The molecule has 1 heterocycles. The number of nitro benzene ring substituents is 1. The van der Waals surface area contributed by atoms with Crippen molar-refractivity contribution in [3.63, 3.8) is 0 Å². The summed E-state index contributed by atoms with van der Waals surface area (Å²) in [4.78, 5) is 31.3. The van der Waals surface area contributed by atoms with Crippen LogP contribution in [0.1, 0.15) is 40.7 Å². The molecule has 1 aromatic heterocycles. The van der Waals surface area contributed by atoms with Crippen molar-refractivity contribution in [2.45, 2.75) is 32.6 Å². The van der Waals surface area contributed by atoms with Crippen LogP contribution in [0.15, 0.2) is 30.9 Å². The fraction of sp³-hybridized carbons (Fsp3) is 0.368. The number of carbonyl (C=O) groups is 1. The number of anilines is 1. The van der Waals surface area contributed by atoms with Crippen LogP contribution in [-0.4, -0.2) is 29.0 Å². The van der Waals surface area contributed by atoms with Crippen molar-refractivity contribution >= 4 is 28.1 Å². The first-order valence-electron chi connectivity index (χ1n) is 8.87. The van der Waals surface area contributed by atoms with E-state index in [4.69, 9.17) is 4.74 Å². The van der Waals surface area contributed by atoms with Crippen LogP contribution in [0.25, 0.3) is 0 Å². The predicted molar refractivity (Wildman–Crippen MR) is 105 cm³/mol. The smallest absolute Gasteiger partial charge is 0.311 e. The van der Waals surface area contributed by atoms with Crippen LogP contribution < -0.4 is 9.64 Å². The molecule has 0 unspecified atom stereocenters. The standard InChI is InChI=1S/C19H21N3O4S/c1-3-11-21(19-20-14-7-5-6-8-17(14)27-19)18(23)13-9-10-16(26-4-2)15(12-13)22(24)25/h3,9-10,12H,1,4-8,11H2,2H3. The van der Waals surface area contributed by atoms with Crippen molar-refractivity contribution in [3.05, 3.63) is 57.1 Å². The average Bonchev–Trinajstić information content (AvgIpc) is 3.09. The second-order valence-corrected chi connectivity index (χ2v) is 7.21. The highest BCUT2D eigenvalue weighted by Gasteiger charge is 2.26. The molecule has 0 spiro atoms. The number of fused-ring (bicyclic) bond motifs is 1. The number of ether oxygens (including phenoxy) is 1. The van der Waals surface area contributed by atoms with Crippen molar-refractivity contribution in [1.29, 1.82) is 0 Å². The van der Waals surface area contributed by atoms with Gasteiger partial charge in [0.15, 0.2) is 10.9 Å². The van der Waals surface area contributed by atoms with Gasteiger partial charge in [-0.05, 0) is 44.7 Å². The molecule has 3 rings (SSSR count). The minimum atomic E-state index is -0.540. The van der Waals surface area contributed by atoms with Gasteiger partial charge in [-0.1, -0.05) is 6.08 Å². The quantitative estimate of drug-likeness (QED) is 0.404. The third kappa shape index (κ3) is 4.00. The molecule has 1 aliphatic rings. The Labute approximate surface area is 161 Å². The molecule has 1 amide bonds. The SMILES string of the molecule is C=CCN(C(=O)c1ccc(OCC)c([N+](=O)[O-])c1)c1nc2c(s1)CCCC2. The van der Waals surface area contributed by atoms with Crippen molar-refractivity contribution in [2.24, 2.45) is 0 Å². The summed E-state index contributed by atoms with van der Waals surface area (Å²) in [6.07, 6.45) is 5.78. The number of amides is 1. The fourth-order valence-electron chi connectivity index (χ4n) is 3.06. The number of thiazole rings is 1. The monoisotopic (exact) mass is 387 g/mol. The van der Waals surface area contributed by atoms with Gasteiger partial charge in [0, 0.05) is 23.1 Å². The molecule has 1 aromatic carbocycles. The first-order valence-corrected chi connectivity index (χ1v) is 9.69. The van der Waals surface area contributed by atoms with Crippen molar-refractivity contribution in [2.75, 3.05) is 18.1 Å². The summed E-state index contributed by atoms with van der Waals surface area (Å²) in [6, 6.07) is 4.27. The van der Waals surface area contributed by atoms with E-state index in [1.165, 1.54) is 33.2 Å². The van der Waals surface area contributed by atoms with Crippen LogP contribution in [-0.2, 0) is 12.8 Å². The van der Waals surface area contributed by atoms with Crippen molar-refractivity contribution in [1.82, 2.24) is 4.98 Å². The van der Waals surface area contributed by atoms with Gasteiger partial charge in [0.25, 0.3) is 5.91 Å². The number of aryl methyl sites for hydroxylation is 2. The molecule has 0 atom stereocenters. The summed E-state index contributed by atoms with van der Waals surface area (Å²) in [6.45, 7) is 6.06. The molecule has 8 heteroatoms. The van der Waals surface area contributed by atoms with Crippen LogP contribution in [0, 0.1) is 10.1 Å². The number of rotatable bonds is 7. The Hall–Kier alpha value is -2.74. The molecule has 0 saturated carbocycles. The van der Waals surface area contributed by atoms with Gasteiger partial charge in [-0.2, -0.15) is 0 Å². The van der Waals surface area contributed by atoms with E-state index >= 15 is 0 Å². The Kier molecular flexibility index (Phi) is 5.85. The third-order valence-electron chi connectivity index (χ3n) is 4.32. The molecule has 0 N–H and O–H groups in total. The first-order chi connectivity index (χ1) is 13.0. The molecular weight excluding hydrogens is 366 g/mol. The van der Waals surface area contributed by atoms with E-state index in [1.54, 1.807) is 19.1 Å². The van der Waals surface area contributed by atoms with Crippen LogP contribution in [0.2, 0.25) is 0 Å². The minimum Gasteiger partial charge on any atom is -0.487 e. The summed E-state index contributed by atoms with van der Waals surface area (Å²) < 4.78 is 5.29. The number of benzene rings is 1. The summed E-state index contributed by atoms with van der Waals surface area (Å²) in [5.74, 6) is -0.189. The highest BCUT2D eigenvalue weighted by atomic mass is 32.1. The molecule has 1 aliphatic carbocycles. The molecule has 0 radical (unpaired) electrons. The fourth-order valence-corrected chi connectivity index (χ4v) is 4.21. The lowest BCUT2D eigenvalue weighted by Crippen LogP contribution is -2.31. The van der Waals surface area contributed by atoms with Crippen molar-refractivity contribution in [3.8, 4) is 5.75 Å². The number of nitro groups is 1. The number of nitrogens with zero attached hydrogens (tertiary/aromatic N) is 3. The lowest BCUT2D eigenvalue weighted by molar-refractivity contribution is -0.385. The van der Waals surface area contributed by atoms with E-state index < -0.39 is 4.92 Å². The second-order valence-electron chi connectivity index (χ2n) is 6.15. The lowest BCUT2D eigenvalue weighted by Gasteiger charge is -2.18. The van der Waals surface area contributed by atoms with Crippen LogP contribution >= 0.6 is 11.3 Å². The predicted octanol–water partition coefficient (Wildman–Crippen LogP) is 4.16. The van der Waals surface area contributed by atoms with E-state index in [0.717, 1.165) is 31.4 Å². The molecule has 7 nitrogen and oxygen atoms in total. The summed E-state index contributed by atoms with van der Waals surface area (Å²) in [5, 5.41) is 12.0. The van der Waals surface area contributed by atoms with E-state index in [0.29, 0.717) is 11.7 Å². The Bertz CT molecular complexity index is 854. The zero-order valence-electron chi connectivity index (χ0n) is 15.1. The molecule has 0 saturated heterocycles. The first kappa shape index (κ1) is 19.0. The lowest BCUT2D eigenvalue weighted by atomic mass is 10.0. The van der Waals surface area contributed by atoms with Gasteiger partial charge in [-0.15, -0.1) is 17.9 Å². The third-order valence-corrected chi connectivity index (χ3v) is 5.50. The number of aromatic nitrogens is 1. The van der Waals surface area contributed by atoms with E-state index in [2.05, 4.69) is 11.6 Å². The van der Waals surface area contributed by atoms with Gasteiger partial charge in [0.2, 0.25) is 0 Å². The van der Waals surface area contributed by atoms with E-state index in [-0.39, 0.29) is 29.5 Å². The Morgan fingerprint density at radius 2 is 2.22 bits per heavy atom. The topological polar surface area (TPSA) is 85.6 Å². The molecular formula is C19H21N3O4S. The number of hydrogen-bond donors (Lipinski definition) is 0. The van der Waals surface area contributed by atoms with Gasteiger partial charge >= 0.3 is 5.69 Å². The maximum absolute atomic E-state index is 13.1. The largest absolute Gasteiger partial charge is 0.487 e. The second kappa shape index (κ2) is 8.30. The highest BCUT2D eigenvalue weighted by Crippen LogP contribution is 2.33.